The fourth-order valence-corrected chi connectivity index (χ4v) is 0.619. The molecule has 12 heavy (non-hydrogen) atoms. The summed E-state index contributed by atoms with van der Waals surface area (Å²) in [7, 11) is 0. The summed E-state index contributed by atoms with van der Waals surface area (Å²) in [4.78, 5) is 18.6. The average Bonchev–Trinajstić information content (AvgIpc) is 1.98. The third-order valence-corrected chi connectivity index (χ3v) is 1.50. The van der Waals surface area contributed by atoms with Gasteiger partial charge in [-0.2, -0.15) is 0 Å². The second-order valence-electron chi connectivity index (χ2n) is 2.44. The molecule has 0 fully saturated rings. The Hall–Kier alpha value is -1.24. The smallest absolute Gasteiger partial charge is 0.236 e. The van der Waals surface area contributed by atoms with Gasteiger partial charge in [0.25, 0.3) is 0 Å². The van der Waals surface area contributed by atoms with E-state index in [1.807, 2.05) is 0 Å². The summed E-state index contributed by atoms with van der Waals surface area (Å²) in [6, 6.07) is -1.15. The first-order valence-electron chi connectivity index (χ1n) is 3.38. The van der Waals surface area contributed by atoms with Crippen LogP contribution in [0.5, 0.6) is 0 Å². The van der Waals surface area contributed by atoms with Crippen LogP contribution in [0.25, 0.3) is 0 Å². The van der Waals surface area contributed by atoms with E-state index in [0.29, 0.717) is 0 Å². The highest BCUT2D eigenvalue weighted by atomic mass is 16.6. The van der Waals surface area contributed by atoms with E-state index < -0.39 is 28.5 Å². The third-order valence-electron chi connectivity index (χ3n) is 1.50. The Morgan fingerprint density at radius 1 is 1.42 bits per heavy atom. The lowest BCUT2D eigenvalue weighted by Crippen LogP contribution is -2.32. The first-order chi connectivity index (χ1) is 5.45. The standard InChI is InChI=1S/C5H10N2O5/c1-4(7(11)12)5(8)2-3-6(9)10/h4-5,8H,2-3H2,1H3. The van der Waals surface area contributed by atoms with Crippen molar-refractivity contribution in [3.63, 3.8) is 0 Å². The summed E-state index contributed by atoms with van der Waals surface area (Å²) in [6.45, 7) is 0.768. The minimum Gasteiger partial charge on any atom is -0.386 e. The highest BCUT2D eigenvalue weighted by molar-refractivity contribution is 4.61. The molecule has 2 atom stereocenters. The first kappa shape index (κ1) is 10.8. The lowest BCUT2D eigenvalue weighted by molar-refractivity contribution is -0.534. The van der Waals surface area contributed by atoms with Crippen LogP contribution in [0.4, 0.5) is 0 Å². The largest absolute Gasteiger partial charge is 0.386 e. The van der Waals surface area contributed by atoms with Crippen molar-refractivity contribution >= 4 is 0 Å². The van der Waals surface area contributed by atoms with Crippen LogP contribution in [-0.2, 0) is 0 Å². The molecular weight excluding hydrogens is 168 g/mol. The van der Waals surface area contributed by atoms with Crippen molar-refractivity contribution in [2.75, 3.05) is 6.54 Å². The van der Waals surface area contributed by atoms with Crippen LogP contribution in [0.1, 0.15) is 13.3 Å². The van der Waals surface area contributed by atoms with Crippen LogP contribution < -0.4 is 0 Å². The van der Waals surface area contributed by atoms with Gasteiger partial charge < -0.3 is 5.11 Å². The molecule has 0 aliphatic carbocycles. The summed E-state index contributed by atoms with van der Waals surface area (Å²) < 4.78 is 0. The summed E-state index contributed by atoms with van der Waals surface area (Å²) >= 11 is 0. The molecule has 7 nitrogen and oxygen atoms in total. The van der Waals surface area contributed by atoms with Gasteiger partial charge in [-0.05, 0) is 0 Å². The van der Waals surface area contributed by atoms with Gasteiger partial charge in [0.1, 0.15) is 6.10 Å². The minimum atomic E-state index is -1.25. The first-order valence-corrected chi connectivity index (χ1v) is 3.38. The van der Waals surface area contributed by atoms with E-state index in [-0.39, 0.29) is 6.42 Å². The van der Waals surface area contributed by atoms with Gasteiger partial charge in [-0.25, -0.2) is 0 Å². The average molecular weight is 178 g/mol. The molecule has 0 aromatic heterocycles. The normalized spacial score (nSPS) is 15.2. The summed E-state index contributed by atoms with van der Waals surface area (Å²) in [6.07, 6.45) is -1.43. The van der Waals surface area contributed by atoms with E-state index >= 15 is 0 Å². The maximum atomic E-state index is 10.1. The second kappa shape index (κ2) is 4.60. The molecule has 0 aliphatic rings. The van der Waals surface area contributed by atoms with E-state index in [9.17, 15) is 20.2 Å². The lowest BCUT2D eigenvalue weighted by Gasteiger charge is -2.08. The van der Waals surface area contributed by atoms with Crippen molar-refractivity contribution in [3.8, 4) is 0 Å². The number of aliphatic hydroxyl groups is 1. The summed E-state index contributed by atoms with van der Waals surface area (Å²) in [5.74, 6) is 0. The lowest BCUT2D eigenvalue weighted by atomic mass is 10.1. The maximum Gasteiger partial charge on any atom is 0.236 e. The summed E-state index contributed by atoms with van der Waals surface area (Å²) in [5, 5.41) is 28.9. The second-order valence-corrected chi connectivity index (χ2v) is 2.44. The molecule has 70 valence electrons. The Labute approximate surface area is 68.3 Å². The molecule has 0 heterocycles. The predicted octanol–water partition coefficient (Wildman–Crippen LogP) is -0.321. The van der Waals surface area contributed by atoms with E-state index in [0.717, 1.165) is 0 Å². The van der Waals surface area contributed by atoms with Crippen LogP contribution in [0.2, 0.25) is 0 Å². The molecule has 7 heteroatoms. The molecule has 0 saturated heterocycles. The number of hydrogen-bond acceptors (Lipinski definition) is 5. The molecule has 0 aliphatic heterocycles. The van der Waals surface area contributed by atoms with Crippen molar-refractivity contribution in [2.24, 2.45) is 0 Å². The van der Waals surface area contributed by atoms with Gasteiger partial charge in [0.15, 0.2) is 0 Å². The van der Waals surface area contributed by atoms with Crippen LogP contribution in [0, 0.1) is 20.2 Å². The van der Waals surface area contributed by atoms with E-state index in [2.05, 4.69) is 0 Å². The minimum absolute atomic E-state index is 0.185. The molecule has 0 aromatic rings. The highest BCUT2D eigenvalue weighted by Crippen LogP contribution is 2.01. The Morgan fingerprint density at radius 2 is 1.92 bits per heavy atom. The van der Waals surface area contributed by atoms with Gasteiger partial charge in [-0.15, -0.1) is 0 Å². The molecule has 1 N–H and O–H groups in total. The van der Waals surface area contributed by atoms with Gasteiger partial charge >= 0.3 is 0 Å². The fraction of sp³-hybridized carbons (Fsp3) is 1.00. The molecule has 0 spiro atoms. The van der Waals surface area contributed by atoms with E-state index in [1.165, 1.54) is 6.92 Å². The molecule has 0 amide bonds. The van der Waals surface area contributed by atoms with Crippen LogP contribution in [0.15, 0.2) is 0 Å². The number of nitro groups is 2. The SMILES string of the molecule is CC(C(O)CC[N+](=O)[O-])[N+](=O)[O-]. The molecule has 0 rings (SSSR count). The van der Waals surface area contributed by atoms with E-state index in [4.69, 9.17) is 5.11 Å². The topological polar surface area (TPSA) is 107 Å². The van der Waals surface area contributed by atoms with Crippen molar-refractivity contribution in [3.05, 3.63) is 20.2 Å². The van der Waals surface area contributed by atoms with Gasteiger partial charge in [0.05, 0.1) is 0 Å². The zero-order valence-corrected chi connectivity index (χ0v) is 6.54. The fourth-order valence-electron chi connectivity index (χ4n) is 0.619. The van der Waals surface area contributed by atoms with E-state index in [1.54, 1.807) is 0 Å². The highest BCUT2D eigenvalue weighted by Gasteiger charge is 2.25. The Bertz CT molecular complexity index is 183. The molecule has 0 radical (unpaired) electrons. The van der Waals surface area contributed by atoms with Gasteiger partial charge in [0, 0.05) is 23.2 Å². The quantitative estimate of drug-likeness (QED) is 0.458. The number of hydrogen-bond donors (Lipinski definition) is 1. The van der Waals surface area contributed by atoms with Crippen molar-refractivity contribution in [2.45, 2.75) is 25.5 Å². The van der Waals surface area contributed by atoms with Crippen LogP contribution in [-0.4, -0.2) is 33.6 Å². The predicted molar refractivity (Wildman–Crippen MR) is 38.9 cm³/mol. The van der Waals surface area contributed by atoms with Gasteiger partial charge in [-0.1, -0.05) is 0 Å². The number of rotatable bonds is 5. The summed E-state index contributed by atoms with van der Waals surface area (Å²) in [5.41, 5.74) is 0. The Kier molecular flexibility index (Phi) is 4.12. The zero-order chi connectivity index (χ0) is 9.72. The third kappa shape index (κ3) is 3.81. The molecule has 2 unspecified atom stereocenters. The number of nitrogens with zero attached hydrogens (tertiary/aromatic N) is 2. The van der Waals surface area contributed by atoms with Crippen LogP contribution >= 0.6 is 0 Å². The zero-order valence-electron chi connectivity index (χ0n) is 6.54. The molecular formula is C5H10N2O5. The van der Waals surface area contributed by atoms with Crippen molar-refractivity contribution < 1.29 is 15.0 Å². The monoisotopic (exact) mass is 178 g/mol. The Balaban J connectivity index is 3.79. The van der Waals surface area contributed by atoms with Gasteiger partial charge in [-0.3, -0.25) is 20.2 Å². The molecule has 0 aromatic carbocycles. The number of aliphatic hydroxyl groups excluding tert-OH is 1. The molecule has 0 saturated carbocycles. The maximum absolute atomic E-state index is 10.1. The van der Waals surface area contributed by atoms with Crippen molar-refractivity contribution in [1.82, 2.24) is 0 Å². The molecule has 0 bridgehead atoms. The Morgan fingerprint density at radius 3 is 2.25 bits per heavy atom. The van der Waals surface area contributed by atoms with Crippen molar-refractivity contribution in [1.29, 1.82) is 0 Å². The van der Waals surface area contributed by atoms with Gasteiger partial charge in [0.2, 0.25) is 12.6 Å². The van der Waals surface area contributed by atoms with Crippen LogP contribution in [0.3, 0.4) is 0 Å².